The minimum Gasteiger partial charge on any atom is -0.508 e. The van der Waals surface area contributed by atoms with Crippen molar-refractivity contribution < 1.29 is 44.9 Å². The predicted molar refractivity (Wildman–Crippen MR) is 104 cm³/mol. The second kappa shape index (κ2) is 9.24. The smallest absolute Gasteiger partial charge is 0.229 e. The van der Waals surface area contributed by atoms with Crippen molar-refractivity contribution in [2.75, 3.05) is 6.61 Å². The highest BCUT2D eigenvalue weighted by Crippen LogP contribution is 2.30. The van der Waals surface area contributed by atoms with Crippen molar-refractivity contribution in [3.05, 3.63) is 59.7 Å². The minimum absolute atomic E-state index is 0.0415. The molecule has 0 bridgehead atoms. The molecule has 0 aromatic heterocycles. The van der Waals surface area contributed by atoms with E-state index in [1.165, 1.54) is 36.4 Å². The molecule has 1 heterocycles. The van der Waals surface area contributed by atoms with Gasteiger partial charge in [0.25, 0.3) is 0 Å². The fourth-order valence-electron chi connectivity index (χ4n) is 2.95. The number of rotatable bonds is 6. The number of hydrogen-bond acceptors (Lipinski definition) is 9. The zero-order chi connectivity index (χ0) is 21.8. The zero-order valence-corrected chi connectivity index (χ0v) is 15.7. The van der Waals surface area contributed by atoms with Crippen LogP contribution in [0.5, 0.6) is 17.2 Å². The van der Waals surface area contributed by atoms with Crippen LogP contribution in [0.3, 0.4) is 0 Å². The highest BCUT2D eigenvalue weighted by molar-refractivity contribution is 6.08. The number of carbonyl (C=O) groups is 1. The third-order valence-corrected chi connectivity index (χ3v) is 4.64. The lowest BCUT2D eigenvalue weighted by Crippen LogP contribution is -2.60. The van der Waals surface area contributed by atoms with E-state index in [1.54, 1.807) is 12.1 Å². The van der Waals surface area contributed by atoms with Gasteiger partial charge in [0.1, 0.15) is 41.7 Å². The number of phenolic OH excluding ortho intramolecular Hbond substituents is 2. The average molecular weight is 418 g/mol. The van der Waals surface area contributed by atoms with Gasteiger partial charge in [0.15, 0.2) is 5.78 Å². The van der Waals surface area contributed by atoms with E-state index >= 15 is 0 Å². The molecule has 2 aromatic carbocycles. The molecule has 0 amide bonds. The van der Waals surface area contributed by atoms with Crippen molar-refractivity contribution in [2.45, 2.75) is 30.7 Å². The lowest BCUT2D eigenvalue weighted by Gasteiger charge is -2.39. The number of aromatic hydroxyl groups is 2. The number of allylic oxidation sites excluding steroid dienone is 1. The van der Waals surface area contributed by atoms with Gasteiger partial charge in [-0.25, -0.2) is 0 Å². The van der Waals surface area contributed by atoms with Crippen LogP contribution in [0.25, 0.3) is 6.08 Å². The lowest BCUT2D eigenvalue weighted by molar-refractivity contribution is -0.277. The topological polar surface area (TPSA) is 157 Å². The lowest BCUT2D eigenvalue weighted by atomic mass is 9.99. The van der Waals surface area contributed by atoms with Gasteiger partial charge >= 0.3 is 0 Å². The van der Waals surface area contributed by atoms with Crippen LogP contribution < -0.4 is 4.74 Å². The van der Waals surface area contributed by atoms with Crippen LogP contribution in [-0.4, -0.2) is 73.7 Å². The van der Waals surface area contributed by atoms with E-state index in [0.717, 1.165) is 6.07 Å². The number of carbonyl (C=O) groups excluding carboxylic acids is 1. The normalized spacial score (nSPS) is 26.6. The standard InChI is InChI=1S/C21H22O9/c22-10-17-18(26)19(27)20(28)21(30-17)29-16-9-13(24)6-7-14(16)15(25)8-3-11-1-4-12(23)5-2-11/h1-9,17-24,26-28H,10H2/b8-3+/t17-,18+,19-,20-,21-/m0/s1. The van der Waals surface area contributed by atoms with Gasteiger partial charge in [-0.05, 0) is 35.9 Å². The van der Waals surface area contributed by atoms with Crippen molar-refractivity contribution in [3.8, 4) is 17.2 Å². The molecule has 1 aliphatic heterocycles. The second-order valence-corrected chi connectivity index (χ2v) is 6.78. The molecule has 6 N–H and O–H groups in total. The van der Waals surface area contributed by atoms with Crippen molar-refractivity contribution in [1.29, 1.82) is 0 Å². The van der Waals surface area contributed by atoms with Crippen molar-refractivity contribution in [1.82, 2.24) is 0 Å². The largest absolute Gasteiger partial charge is 0.508 e. The number of benzene rings is 2. The first-order valence-corrected chi connectivity index (χ1v) is 9.12. The van der Waals surface area contributed by atoms with Gasteiger partial charge in [-0.15, -0.1) is 0 Å². The van der Waals surface area contributed by atoms with Crippen molar-refractivity contribution in [2.24, 2.45) is 0 Å². The van der Waals surface area contributed by atoms with Crippen LogP contribution in [0.15, 0.2) is 48.5 Å². The average Bonchev–Trinajstić information content (AvgIpc) is 2.73. The fourth-order valence-corrected chi connectivity index (χ4v) is 2.95. The summed E-state index contributed by atoms with van der Waals surface area (Å²) >= 11 is 0. The van der Waals surface area contributed by atoms with E-state index in [1.807, 2.05) is 0 Å². The Kier molecular flexibility index (Phi) is 6.70. The zero-order valence-electron chi connectivity index (χ0n) is 15.7. The number of aliphatic hydroxyl groups excluding tert-OH is 4. The molecule has 5 atom stereocenters. The van der Waals surface area contributed by atoms with Crippen LogP contribution >= 0.6 is 0 Å². The minimum atomic E-state index is -1.67. The maximum atomic E-state index is 12.6. The monoisotopic (exact) mass is 418 g/mol. The number of aliphatic hydroxyl groups is 4. The molecule has 1 aliphatic rings. The Labute approximate surface area is 171 Å². The third kappa shape index (κ3) is 4.78. The summed E-state index contributed by atoms with van der Waals surface area (Å²) in [5.74, 6) is -0.733. The maximum absolute atomic E-state index is 12.6. The second-order valence-electron chi connectivity index (χ2n) is 6.78. The highest BCUT2D eigenvalue weighted by atomic mass is 16.7. The van der Waals surface area contributed by atoms with E-state index in [4.69, 9.17) is 9.47 Å². The highest BCUT2D eigenvalue weighted by Gasteiger charge is 2.45. The summed E-state index contributed by atoms with van der Waals surface area (Å²) < 4.78 is 10.8. The molecule has 1 fully saturated rings. The molecule has 0 aliphatic carbocycles. The predicted octanol–water partition coefficient (Wildman–Crippen LogP) is 0.173. The van der Waals surface area contributed by atoms with Gasteiger partial charge in [0.05, 0.1) is 12.2 Å². The third-order valence-electron chi connectivity index (χ3n) is 4.64. The molecule has 0 saturated carbocycles. The summed E-state index contributed by atoms with van der Waals surface area (Å²) in [7, 11) is 0. The van der Waals surface area contributed by atoms with Crippen molar-refractivity contribution in [3.63, 3.8) is 0 Å². The molecule has 9 nitrogen and oxygen atoms in total. The van der Waals surface area contributed by atoms with E-state index in [0.29, 0.717) is 5.56 Å². The number of phenols is 2. The summed E-state index contributed by atoms with van der Waals surface area (Å²) in [6.45, 7) is -0.633. The van der Waals surface area contributed by atoms with Gasteiger partial charge in [0, 0.05) is 6.07 Å². The molecule has 3 rings (SSSR count). The SMILES string of the molecule is O=C(/C=C/c1ccc(O)cc1)c1ccc(O)cc1O[C@H]1O[C@@H](CO)[C@@H](O)[C@H](O)[C@@H]1O. The van der Waals surface area contributed by atoms with Crippen LogP contribution in [0.4, 0.5) is 0 Å². The van der Waals surface area contributed by atoms with Crippen LogP contribution in [0, 0.1) is 0 Å². The fraction of sp³-hybridized carbons (Fsp3) is 0.286. The molecular formula is C21H22O9. The van der Waals surface area contributed by atoms with Gasteiger partial charge in [0.2, 0.25) is 6.29 Å². The van der Waals surface area contributed by atoms with E-state index in [-0.39, 0.29) is 22.8 Å². The molecule has 2 aromatic rings. The summed E-state index contributed by atoms with van der Waals surface area (Å²) in [6.07, 6.45) is -4.77. The maximum Gasteiger partial charge on any atom is 0.229 e. The first kappa shape index (κ1) is 21.8. The first-order valence-electron chi connectivity index (χ1n) is 9.12. The number of ether oxygens (including phenoxy) is 2. The summed E-state index contributed by atoms with van der Waals surface area (Å²) in [5.41, 5.74) is 0.705. The Balaban J connectivity index is 1.82. The molecule has 0 spiro atoms. The van der Waals surface area contributed by atoms with Gasteiger partial charge < -0.3 is 40.1 Å². The Morgan fingerprint density at radius 1 is 0.967 bits per heavy atom. The Morgan fingerprint density at radius 2 is 1.63 bits per heavy atom. The van der Waals surface area contributed by atoms with Gasteiger partial charge in [-0.1, -0.05) is 18.2 Å². The number of hydrogen-bond donors (Lipinski definition) is 6. The van der Waals surface area contributed by atoms with E-state index in [9.17, 15) is 35.4 Å². The van der Waals surface area contributed by atoms with Crippen molar-refractivity contribution >= 4 is 11.9 Å². The number of ketones is 1. The van der Waals surface area contributed by atoms with Crippen LogP contribution in [0.2, 0.25) is 0 Å². The van der Waals surface area contributed by atoms with Gasteiger partial charge in [-0.2, -0.15) is 0 Å². The Bertz CT molecular complexity index is 907. The van der Waals surface area contributed by atoms with Gasteiger partial charge in [-0.3, -0.25) is 4.79 Å². The Hall–Kier alpha value is -2.95. The quantitative estimate of drug-likeness (QED) is 0.284. The van der Waals surface area contributed by atoms with E-state index < -0.39 is 43.1 Å². The molecule has 0 unspecified atom stereocenters. The molecule has 30 heavy (non-hydrogen) atoms. The molecule has 0 radical (unpaired) electrons. The van der Waals surface area contributed by atoms with Crippen LogP contribution in [-0.2, 0) is 4.74 Å². The molecule has 1 saturated heterocycles. The van der Waals surface area contributed by atoms with E-state index in [2.05, 4.69) is 0 Å². The van der Waals surface area contributed by atoms with Crippen LogP contribution in [0.1, 0.15) is 15.9 Å². The Morgan fingerprint density at radius 3 is 2.30 bits per heavy atom. The molecular weight excluding hydrogens is 396 g/mol. The first-order chi connectivity index (χ1) is 14.3. The summed E-state index contributed by atoms with van der Waals surface area (Å²) in [5, 5.41) is 58.2. The molecule has 9 heteroatoms. The summed E-state index contributed by atoms with van der Waals surface area (Å²) in [4.78, 5) is 12.6. The summed E-state index contributed by atoms with van der Waals surface area (Å²) in [6, 6.07) is 9.91. The molecule has 160 valence electrons.